The largest absolute Gasteiger partial charge is 0.357 e. The molecule has 0 amide bonds. The van der Waals surface area contributed by atoms with E-state index < -0.39 is 9.84 Å². The van der Waals surface area contributed by atoms with Crippen molar-refractivity contribution in [1.82, 2.24) is 10.6 Å². The highest BCUT2D eigenvalue weighted by Crippen LogP contribution is 2.37. The van der Waals surface area contributed by atoms with E-state index in [4.69, 9.17) is 9.47 Å². The fourth-order valence-corrected chi connectivity index (χ4v) is 5.71. The molecule has 3 fully saturated rings. The molecule has 0 bridgehead atoms. The van der Waals surface area contributed by atoms with Crippen molar-refractivity contribution in [2.45, 2.75) is 57.3 Å². The molecule has 1 spiro atoms. The zero-order valence-corrected chi connectivity index (χ0v) is 15.9. The quantitative estimate of drug-likeness (QED) is 0.553. The topological polar surface area (TPSA) is 89.0 Å². The van der Waals surface area contributed by atoms with E-state index in [1.165, 1.54) is 19.3 Å². The first-order chi connectivity index (χ1) is 12.0. The highest BCUT2D eigenvalue weighted by atomic mass is 32.2. The van der Waals surface area contributed by atoms with Gasteiger partial charge in [-0.1, -0.05) is 6.42 Å². The lowest BCUT2D eigenvalue weighted by molar-refractivity contribution is -0.186. The second kappa shape index (κ2) is 8.22. The third-order valence-electron chi connectivity index (χ3n) is 5.20. The number of hydrogen-bond acceptors (Lipinski definition) is 5. The lowest BCUT2D eigenvalue weighted by atomic mass is 9.94. The van der Waals surface area contributed by atoms with E-state index in [-0.39, 0.29) is 23.6 Å². The first-order valence-corrected chi connectivity index (χ1v) is 11.4. The van der Waals surface area contributed by atoms with Crippen molar-refractivity contribution in [3.05, 3.63) is 0 Å². The number of ether oxygens (including phenoxy) is 2. The SMILES string of the molecule is CCNC(=NCC1CCS(=O)(=O)C1)NCC1COC2(CCCCC2)O1. The molecule has 3 rings (SSSR count). The summed E-state index contributed by atoms with van der Waals surface area (Å²) in [5.41, 5.74) is 0. The standard InChI is InChI=1S/C17H31N3O4S/c1-2-18-16(19-10-14-6-9-25(21,22)13-14)20-11-15-12-23-17(24-15)7-4-3-5-8-17/h14-15H,2-13H2,1H3,(H2,18,19,20). The fraction of sp³-hybridized carbons (Fsp3) is 0.941. The molecular weight excluding hydrogens is 342 g/mol. The maximum Gasteiger partial charge on any atom is 0.191 e. The molecule has 2 N–H and O–H groups in total. The number of rotatable bonds is 5. The Bertz CT molecular complexity index is 572. The molecule has 2 atom stereocenters. The maximum absolute atomic E-state index is 11.5. The smallest absolute Gasteiger partial charge is 0.191 e. The van der Waals surface area contributed by atoms with Crippen LogP contribution in [0.4, 0.5) is 0 Å². The van der Waals surface area contributed by atoms with Gasteiger partial charge in [-0.25, -0.2) is 8.42 Å². The van der Waals surface area contributed by atoms with E-state index in [2.05, 4.69) is 15.6 Å². The Balaban J connectivity index is 1.46. The molecule has 8 heteroatoms. The van der Waals surface area contributed by atoms with Gasteiger partial charge in [0.25, 0.3) is 0 Å². The van der Waals surface area contributed by atoms with Gasteiger partial charge in [0.05, 0.1) is 18.1 Å². The molecule has 2 saturated heterocycles. The minimum absolute atomic E-state index is 0.0359. The van der Waals surface area contributed by atoms with Crippen LogP contribution in [0.3, 0.4) is 0 Å². The summed E-state index contributed by atoms with van der Waals surface area (Å²) >= 11 is 0. The van der Waals surface area contributed by atoms with Gasteiger partial charge in [-0.3, -0.25) is 4.99 Å². The van der Waals surface area contributed by atoms with Crippen LogP contribution in [0.15, 0.2) is 4.99 Å². The first-order valence-electron chi connectivity index (χ1n) is 9.55. The van der Waals surface area contributed by atoms with Gasteiger partial charge in [-0.15, -0.1) is 0 Å². The van der Waals surface area contributed by atoms with Crippen LogP contribution in [0.5, 0.6) is 0 Å². The van der Waals surface area contributed by atoms with Gasteiger partial charge in [-0.2, -0.15) is 0 Å². The summed E-state index contributed by atoms with van der Waals surface area (Å²) in [6, 6.07) is 0. The zero-order chi connectivity index (χ0) is 17.8. The van der Waals surface area contributed by atoms with E-state index in [0.717, 1.165) is 25.3 Å². The van der Waals surface area contributed by atoms with Gasteiger partial charge >= 0.3 is 0 Å². The highest BCUT2D eigenvalue weighted by Gasteiger charge is 2.42. The lowest BCUT2D eigenvalue weighted by Crippen LogP contribution is -2.43. The summed E-state index contributed by atoms with van der Waals surface area (Å²) in [4.78, 5) is 4.56. The van der Waals surface area contributed by atoms with Crippen molar-refractivity contribution >= 4 is 15.8 Å². The molecule has 3 aliphatic rings. The normalized spacial score (nSPS) is 31.3. The Morgan fingerprint density at radius 3 is 2.72 bits per heavy atom. The van der Waals surface area contributed by atoms with Crippen LogP contribution < -0.4 is 10.6 Å². The van der Waals surface area contributed by atoms with E-state index in [1.54, 1.807) is 0 Å². The molecule has 0 radical (unpaired) electrons. The van der Waals surface area contributed by atoms with Gasteiger partial charge < -0.3 is 20.1 Å². The second-order valence-corrected chi connectivity index (χ2v) is 9.62. The van der Waals surface area contributed by atoms with Crippen molar-refractivity contribution in [1.29, 1.82) is 0 Å². The van der Waals surface area contributed by atoms with Crippen LogP contribution in [-0.2, 0) is 19.3 Å². The maximum atomic E-state index is 11.5. The monoisotopic (exact) mass is 373 g/mol. The molecule has 2 aliphatic heterocycles. The van der Waals surface area contributed by atoms with Crippen molar-refractivity contribution < 1.29 is 17.9 Å². The van der Waals surface area contributed by atoms with Gasteiger partial charge in [0.1, 0.15) is 6.10 Å². The molecule has 0 aromatic rings. The summed E-state index contributed by atoms with van der Waals surface area (Å²) in [7, 11) is -2.84. The molecule has 7 nitrogen and oxygen atoms in total. The molecule has 25 heavy (non-hydrogen) atoms. The predicted molar refractivity (Wildman–Crippen MR) is 97.4 cm³/mol. The van der Waals surface area contributed by atoms with Crippen molar-refractivity contribution in [3.63, 3.8) is 0 Å². The molecule has 1 saturated carbocycles. The Morgan fingerprint density at radius 1 is 1.24 bits per heavy atom. The molecule has 0 aromatic heterocycles. The summed E-state index contributed by atoms with van der Waals surface area (Å²) in [5, 5.41) is 6.53. The Kier molecular flexibility index (Phi) is 6.22. The van der Waals surface area contributed by atoms with Crippen LogP contribution in [0.1, 0.15) is 45.4 Å². The van der Waals surface area contributed by atoms with Crippen LogP contribution in [0, 0.1) is 5.92 Å². The third-order valence-corrected chi connectivity index (χ3v) is 7.04. The van der Waals surface area contributed by atoms with E-state index in [0.29, 0.717) is 31.9 Å². The number of hydrogen-bond donors (Lipinski definition) is 2. The van der Waals surface area contributed by atoms with Crippen LogP contribution >= 0.6 is 0 Å². The second-order valence-electron chi connectivity index (χ2n) is 7.39. The summed E-state index contributed by atoms with van der Waals surface area (Å²) in [5.74, 6) is 1.07. The minimum Gasteiger partial charge on any atom is -0.357 e. The summed E-state index contributed by atoms with van der Waals surface area (Å²) in [6.07, 6.45) is 6.36. The van der Waals surface area contributed by atoms with Gasteiger partial charge in [0.2, 0.25) is 0 Å². The average Bonchev–Trinajstić information content (AvgIpc) is 3.14. The molecule has 2 heterocycles. The van der Waals surface area contributed by atoms with Gasteiger partial charge in [0, 0.05) is 32.5 Å². The number of sulfone groups is 1. The minimum atomic E-state index is -2.84. The lowest BCUT2D eigenvalue weighted by Gasteiger charge is -2.31. The highest BCUT2D eigenvalue weighted by molar-refractivity contribution is 7.91. The Labute approximate surface area is 150 Å². The summed E-state index contributed by atoms with van der Waals surface area (Å²) in [6.45, 7) is 4.59. The summed E-state index contributed by atoms with van der Waals surface area (Å²) < 4.78 is 35.2. The Morgan fingerprint density at radius 2 is 2.04 bits per heavy atom. The van der Waals surface area contributed by atoms with E-state index in [9.17, 15) is 8.42 Å². The molecule has 1 aliphatic carbocycles. The van der Waals surface area contributed by atoms with Crippen molar-refractivity contribution in [2.75, 3.05) is 37.7 Å². The molecule has 144 valence electrons. The predicted octanol–water partition coefficient (Wildman–Crippen LogP) is 1.05. The van der Waals surface area contributed by atoms with E-state index in [1.807, 2.05) is 6.92 Å². The van der Waals surface area contributed by atoms with Crippen LogP contribution in [0.25, 0.3) is 0 Å². The van der Waals surface area contributed by atoms with Gasteiger partial charge in [-0.05, 0) is 32.1 Å². The molecular formula is C17H31N3O4S. The van der Waals surface area contributed by atoms with Crippen molar-refractivity contribution in [2.24, 2.45) is 10.9 Å². The number of guanidine groups is 1. The number of nitrogens with zero attached hydrogens (tertiary/aromatic N) is 1. The van der Waals surface area contributed by atoms with Gasteiger partial charge in [0.15, 0.2) is 21.6 Å². The molecule has 2 unspecified atom stereocenters. The van der Waals surface area contributed by atoms with E-state index >= 15 is 0 Å². The van der Waals surface area contributed by atoms with Crippen LogP contribution in [-0.4, -0.2) is 64.0 Å². The van der Waals surface area contributed by atoms with Crippen molar-refractivity contribution in [3.8, 4) is 0 Å². The third kappa shape index (κ3) is 5.31. The molecule has 0 aromatic carbocycles. The number of nitrogens with one attached hydrogen (secondary N) is 2. The Hall–Kier alpha value is -0.860. The number of aliphatic imine (C=N–C) groups is 1. The first kappa shape index (κ1) is 18.9. The fourth-order valence-electron chi connectivity index (χ4n) is 3.86. The van der Waals surface area contributed by atoms with Crippen LogP contribution in [0.2, 0.25) is 0 Å². The zero-order valence-electron chi connectivity index (χ0n) is 15.1. The average molecular weight is 374 g/mol.